The normalized spacial score (nSPS) is 12.4. The van der Waals surface area contributed by atoms with Gasteiger partial charge in [-0.25, -0.2) is 4.39 Å². The minimum atomic E-state index is -0.159. The van der Waals surface area contributed by atoms with Crippen molar-refractivity contribution < 1.29 is 4.39 Å². The van der Waals surface area contributed by atoms with E-state index in [9.17, 15) is 4.39 Å². The van der Waals surface area contributed by atoms with E-state index in [0.717, 1.165) is 23.4 Å². The van der Waals surface area contributed by atoms with Crippen LogP contribution in [0, 0.1) is 19.7 Å². The van der Waals surface area contributed by atoms with Crippen molar-refractivity contribution in [3.63, 3.8) is 0 Å². The van der Waals surface area contributed by atoms with Crippen molar-refractivity contribution in [3.8, 4) is 0 Å². The van der Waals surface area contributed by atoms with Gasteiger partial charge in [-0.15, -0.1) is 0 Å². The Morgan fingerprint density at radius 3 is 2.55 bits per heavy atom. The molecule has 20 heavy (non-hydrogen) atoms. The third kappa shape index (κ3) is 3.64. The number of aryl methyl sites for hydroxylation is 2. The van der Waals surface area contributed by atoms with E-state index >= 15 is 0 Å². The van der Waals surface area contributed by atoms with Gasteiger partial charge in [0.25, 0.3) is 0 Å². The number of aromatic nitrogens is 1. The first-order valence-corrected chi connectivity index (χ1v) is 7.01. The molecule has 1 aromatic heterocycles. The third-order valence-corrected chi connectivity index (χ3v) is 3.36. The monoisotopic (exact) mass is 272 g/mol. The molecule has 0 saturated carbocycles. The Hall–Kier alpha value is -1.74. The zero-order chi connectivity index (χ0) is 14.5. The van der Waals surface area contributed by atoms with E-state index in [1.165, 1.54) is 6.07 Å². The number of hydrogen-bond donors (Lipinski definition) is 1. The zero-order valence-corrected chi connectivity index (χ0v) is 12.3. The lowest BCUT2D eigenvalue weighted by molar-refractivity contribution is 0.506. The van der Waals surface area contributed by atoms with Crippen LogP contribution in [0.2, 0.25) is 0 Å². The maximum absolute atomic E-state index is 14.0. The predicted octanol–water partition coefficient (Wildman–Crippen LogP) is 3.73. The quantitative estimate of drug-likeness (QED) is 0.897. The Morgan fingerprint density at radius 2 is 1.90 bits per heavy atom. The molecular formula is C17H21FN2. The Kier molecular flexibility index (Phi) is 4.85. The first-order chi connectivity index (χ1) is 9.60. The molecule has 1 atom stereocenters. The van der Waals surface area contributed by atoms with Crippen molar-refractivity contribution in [2.75, 3.05) is 6.54 Å². The average molecular weight is 272 g/mol. The molecular weight excluding hydrogens is 251 g/mol. The van der Waals surface area contributed by atoms with E-state index in [1.54, 1.807) is 6.07 Å². The molecule has 2 rings (SSSR count). The highest BCUT2D eigenvalue weighted by Gasteiger charge is 2.16. The Bertz CT molecular complexity index is 564. The number of halogens is 1. The molecule has 0 saturated heterocycles. The van der Waals surface area contributed by atoms with Gasteiger partial charge in [0.2, 0.25) is 0 Å². The second-order valence-electron chi connectivity index (χ2n) is 5.17. The van der Waals surface area contributed by atoms with Crippen LogP contribution in [0.15, 0.2) is 36.5 Å². The molecule has 1 aromatic carbocycles. The van der Waals surface area contributed by atoms with Crippen LogP contribution < -0.4 is 5.32 Å². The topological polar surface area (TPSA) is 24.9 Å². The van der Waals surface area contributed by atoms with Gasteiger partial charge in [-0.2, -0.15) is 0 Å². The molecule has 0 aliphatic carbocycles. The van der Waals surface area contributed by atoms with E-state index in [2.05, 4.69) is 10.3 Å². The summed E-state index contributed by atoms with van der Waals surface area (Å²) in [6.45, 7) is 6.82. The van der Waals surface area contributed by atoms with Gasteiger partial charge in [-0.1, -0.05) is 30.7 Å². The molecule has 0 fully saturated rings. The lowest BCUT2D eigenvalue weighted by Crippen LogP contribution is -2.24. The van der Waals surface area contributed by atoms with Gasteiger partial charge in [-0.3, -0.25) is 4.98 Å². The van der Waals surface area contributed by atoms with Crippen molar-refractivity contribution in [1.82, 2.24) is 10.3 Å². The number of nitrogens with one attached hydrogen (secondary N) is 1. The highest BCUT2D eigenvalue weighted by molar-refractivity contribution is 5.28. The van der Waals surface area contributed by atoms with E-state index < -0.39 is 0 Å². The molecule has 0 spiro atoms. The minimum Gasteiger partial charge on any atom is -0.310 e. The molecule has 0 bridgehead atoms. The summed E-state index contributed by atoms with van der Waals surface area (Å²) in [6, 6.07) is 9.25. The third-order valence-electron chi connectivity index (χ3n) is 3.36. The summed E-state index contributed by atoms with van der Waals surface area (Å²) in [4.78, 5) is 4.42. The second-order valence-corrected chi connectivity index (χ2v) is 5.17. The fourth-order valence-corrected chi connectivity index (χ4v) is 2.30. The second kappa shape index (κ2) is 6.62. The summed E-state index contributed by atoms with van der Waals surface area (Å²) in [5, 5.41) is 3.35. The van der Waals surface area contributed by atoms with Crippen LogP contribution in [0.3, 0.4) is 0 Å². The van der Waals surface area contributed by atoms with E-state index in [0.29, 0.717) is 12.0 Å². The van der Waals surface area contributed by atoms with Crippen LogP contribution in [0.4, 0.5) is 4.39 Å². The molecule has 0 amide bonds. The van der Waals surface area contributed by atoms with E-state index in [-0.39, 0.29) is 11.9 Å². The van der Waals surface area contributed by atoms with Crippen LogP contribution in [-0.4, -0.2) is 11.5 Å². The highest BCUT2D eigenvalue weighted by Crippen LogP contribution is 2.22. The van der Waals surface area contributed by atoms with Gasteiger partial charge < -0.3 is 5.32 Å². The number of likely N-dealkylation sites (N-methyl/N-ethyl adjacent to an activating group) is 1. The summed E-state index contributed by atoms with van der Waals surface area (Å²) in [6.07, 6.45) is 2.54. The fourth-order valence-electron chi connectivity index (χ4n) is 2.30. The maximum atomic E-state index is 14.0. The molecule has 1 heterocycles. The van der Waals surface area contributed by atoms with Gasteiger partial charge in [0.1, 0.15) is 5.82 Å². The van der Waals surface area contributed by atoms with Crippen LogP contribution in [0.25, 0.3) is 0 Å². The van der Waals surface area contributed by atoms with Crippen molar-refractivity contribution in [1.29, 1.82) is 0 Å². The molecule has 1 unspecified atom stereocenters. The number of rotatable bonds is 5. The van der Waals surface area contributed by atoms with E-state index in [4.69, 9.17) is 0 Å². The lowest BCUT2D eigenvalue weighted by Gasteiger charge is -2.19. The number of pyridine rings is 1. The van der Waals surface area contributed by atoms with Crippen molar-refractivity contribution in [3.05, 3.63) is 64.7 Å². The maximum Gasteiger partial charge on any atom is 0.128 e. The molecule has 0 aliphatic heterocycles. The van der Waals surface area contributed by atoms with Crippen molar-refractivity contribution in [2.45, 2.75) is 33.2 Å². The molecule has 0 radical (unpaired) electrons. The van der Waals surface area contributed by atoms with Crippen LogP contribution in [-0.2, 0) is 6.42 Å². The summed E-state index contributed by atoms with van der Waals surface area (Å²) in [5.41, 5.74) is 3.90. The summed E-state index contributed by atoms with van der Waals surface area (Å²) in [7, 11) is 0. The van der Waals surface area contributed by atoms with Crippen LogP contribution >= 0.6 is 0 Å². The fraction of sp³-hybridized carbons (Fsp3) is 0.353. The molecule has 3 heteroatoms. The molecule has 2 aromatic rings. The van der Waals surface area contributed by atoms with Crippen molar-refractivity contribution >= 4 is 0 Å². The first-order valence-electron chi connectivity index (χ1n) is 7.01. The summed E-state index contributed by atoms with van der Waals surface area (Å²) in [5.74, 6) is -0.159. The average Bonchev–Trinajstić information content (AvgIpc) is 2.43. The molecule has 1 N–H and O–H groups in total. The molecule has 106 valence electrons. The van der Waals surface area contributed by atoms with Gasteiger partial charge in [0.15, 0.2) is 0 Å². The first kappa shape index (κ1) is 14.7. The smallest absolute Gasteiger partial charge is 0.128 e. The van der Waals surface area contributed by atoms with Gasteiger partial charge >= 0.3 is 0 Å². The Labute approximate surface area is 120 Å². The standard InChI is InChI=1S/C17H21FN2/c1-4-19-17(10-14-7-5-13(3)11-20-14)15-9-12(2)6-8-16(15)18/h5-9,11,17,19H,4,10H2,1-3H3. The van der Waals surface area contributed by atoms with Crippen LogP contribution in [0.1, 0.15) is 35.3 Å². The Morgan fingerprint density at radius 1 is 1.15 bits per heavy atom. The van der Waals surface area contributed by atoms with Gasteiger partial charge in [0.05, 0.1) is 0 Å². The zero-order valence-electron chi connectivity index (χ0n) is 12.3. The van der Waals surface area contributed by atoms with Crippen molar-refractivity contribution in [2.24, 2.45) is 0 Å². The van der Waals surface area contributed by atoms with Gasteiger partial charge in [-0.05, 0) is 38.1 Å². The number of nitrogens with zero attached hydrogens (tertiary/aromatic N) is 1. The number of hydrogen-bond acceptors (Lipinski definition) is 2. The molecule has 2 nitrogen and oxygen atoms in total. The molecule has 0 aliphatic rings. The largest absolute Gasteiger partial charge is 0.310 e. The number of benzene rings is 1. The summed E-state index contributed by atoms with van der Waals surface area (Å²) >= 11 is 0. The minimum absolute atomic E-state index is 0.0462. The van der Waals surface area contributed by atoms with Crippen LogP contribution in [0.5, 0.6) is 0 Å². The Balaban J connectivity index is 2.26. The van der Waals surface area contributed by atoms with Gasteiger partial charge in [0, 0.05) is 29.9 Å². The van der Waals surface area contributed by atoms with E-state index in [1.807, 2.05) is 45.2 Å². The SMILES string of the molecule is CCNC(Cc1ccc(C)cn1)c1cc(C)ccc1F. The predicted molar refractivity (Wildman–Crippen MR) is 80.2 cm³/mol. The highest BCUT2D eigenvalue weighted by atomic mass is 19.1. The lowest BCUT2D eigenvalue weighted by atomic mass is 9.99. The summed E-state index contributed by atoms with van der Waals surface area (Å²) < 4.78 is 14.0.